The minimum Gasteiger partial charge on any atom is -0.268 e. The Balaban J connectivity index is 1.88. The summed E-state index contributed by atoms with van der Waals surface area (Å²) in [5.41, 5.74) is 2.90. The summed E-state index contributed by atoms with van der Waals surface area (Å²) in [6.45, 7) is 0. The van der Waals surface area contributed by atoms with E-state index >= 15 is 0 Å². The second kappa shape index (κ2) is 5.85. The molecule has 0 fully saturated rings. The van der Waals surface area contributed by atoms with Gasteiger partial charge in [-0.3, -0.25) is 4.40 Å². The van der Waals surface area contributed by atoms with Crippen molar-refractivity contribution in [3.63, 3.8) is 0 Å². The molecular weight excluding hydrogens is 284 g/mol. The van der Waals surface area contributed by atoms with Crippen LogP contribution in [-0.4, -0.2) is 20.6 Å². The Morgan fingerprint density at radius 2 is 1.61 bits per heavy atom. The molecule has 0 amide bonds. The van der Waals surface area contributed by atoms with Crippen LogP contribution in [0, 0.1) is 0 Å². The van der Waals surface area contributed by atoms with E-state index in [4.69, 9.17) is 0 Å². The predicted molar refractivity (Wildman–Crippen MR) is 92.1 cm³/mol. The molecule has 4 rings (SSSR count). The van der Waals surface area contributed by atoms with Gasteiger partial charge in [-0.05, 0) is 11.6 Å². The summed E-state index contributed by atoms with van der Waals surface area (Å²) in [5, 5.41) is 0. The third-order valence-electron chi connectivity index (χ3n) is 3.56. The van der Waals surface area contributed by atoms with Crippen LogP contribution in [0.1, 0.15) is 5.56 Å². The van der Waals surface area contributed by atoms with Crippen molar-refractivity contribution in [1.29, 1.82) is 0 Å². The summed E-state index contributed by atoms with van der Waals surface area (Å²) in [4.78, 5) is 13.6. The molecule has 2 heterocycles. The van der Waals surface area contributed by atoms with Crippen molar-refractivity contribution in [1.82, 2.24) is 14.4 Å². The van der Waals surface area contributed by atoms with Gasteiger partial charge in [-0.1, -0.05) is 60.7 Å². The molecule has 0 N–H and O–H groups in total. The van der Waals surface area contributed by atoms with E-state index in [1.807, 2.05) is 83.5 Å². The molecule has 0 saturated heterocycles. The van der Waals surface area contributed by atoms with Crippen LogP contribution in [0.3, 0.4) is 0 Å². The van der Waals surface area contributed by atoms with E-state index in [-0.39, 0.29) is 0 Å². The van der Waals surface area contributed by atoms with Gasteiger partial charge < -0.3 is 0 Å². The smallest absolute Gasteiger partial charge is 0.236 e. The number of imidazole rings is 1. The summed E-state index contributed by atoms with van der Waals surface area (Å²) < 4.78 is 1.90. The van der Waals surface area contributed by atoms with Gasteiger partial charge in [0.25, 0.3) is 0 Å². The Hall–Kier alpha value is -3.27. The van der Waals surface area contributed by atoms with E-state index in [1.165, 1.54) is 0 Å². The summed E-state index contributed by atoms with van der Waals surface area (Å²) in [7, 11) is 0. The molecule has 0 atom stereocenters. The first-order valence-corrected chi connectivity index (χ1v) is 7.39. The lowest BCUT2D eigenvalue weighted by Crippen LogP contribution is -1.86. The fourth-order valence-electron chi connectivity index (χ4n) is 2.46. The molecule has 0 bridgehead atoms. The SMILES string of the molecule is C(=N\c1c(-c2ccccc2)nc2ncccn12)/c1ccccc1. The maximum absolute atomic E-state index is 4.68. The topological polar surface area (TPSA) is 42.5 Å². The fraction of sp³-hybridized carbons (Fsp3) is 0. The highest BCUT2D eigenvalue weighted by molar-refractivity contribution is 5.84. The van der Waals surface area contributed by atoms with Crippen molar-refractivity contribution in [2.24, 2.45) is 4.99 Å². The van der Waals surface area contributed by atoms with Crippen molar-refractivity contribution in [3.05, 3.63) is 84.7 Å². The highest BCUT2D eigenvalue weighted by Gasteiger charge is 2.13. The van der Waals surface area contributed by atoms with Crippen molar-refractivity contribution in [3.8, 4) is 11.3 Å². The molecule has 23 heavy (non-hydrogen) atoms. The predicted octanol–water partition coefficient (Wildman–Crippen LogP) is 4.15. The normalized spacial score (nSPS) is 11.3. The van der Waals surface area contributed by atoms with E-state index in [2.05, 4.69) is 15.0 Å². The quantitative estimate of drug-likeness (QED) is 0.533. The van der Waals surface area contributed by atoms with Gasteiger partial charge in [0.15, 0.2) is 5.82 Å². The number of benzene rings is 2. The molecule has 0 saturated carbocycles. The first kappa shape index (κ1) is 13.4. The lowest BCUT2D eigenvalue weighted by Gasteiger charge is -2.00. The zero-order valence-corrected chi connectivity index (χ0v) is 12.4. The number of hydrogen-bond donors (Lipinski definition) is 0. The minimum absolute atomic E-state index is 0.645. The Morgan fingerprint density at radius 1 is 0.870 bits per heavy atom. The van der Waals surface area contributed by atoms with Crippen LogP contribution < -0.4 is 0 Å². The van der Waals surface area contributed by atoms with Gasteiger partial charge in [-0.25, -0.2) is 15.0 Å². The van der Waals surface area contributed by atoms with E-state index in [0.29, 0.717) is 5.78 Å². The number of nitrogens with zero attached hydrogens (tertiary/aromatic N) is 4. The first-order chi connectivity index (χ1) is 11.4. The van der Waals surface area contributed by atoms with E-state index in [0.717, 1.165) is 22.6 Å². The molecule has 0 aliphatic carbocycles. The Bertz CT molecular complexity index is 957. The molecule has 2 aromatic heterocycles. The molecule has 110 valence electrons. The molecule has 0 aliphatic heterocycles. The number of aromatic nitrogens is 3. The van der Waals surface area contributed by atoms with Crippen LogP contribution in [0.5, 0.6) is 0 Å². The maximum atomic E-state index is 4.68. The minimum atomic E-state index is 0.645. The standard InChI is InChI=1S/C19H14N4/c1-3-8-15(9-4-1)14-21-18-17(16-10-5-2-6-11-16)22-19-20-12-7-13-23(18)19/h1-14H/b21-14+. The second-order valence-corrected chi connectivity index (χ2v) is 5.11. The van der Waals surface area contributed by atoms with Crippen LogP contribution in [0.25, 0.3) is 17.0 Å². The number of fused-ring (bicyclic) bond motifs is 1. The van der Waals surface area contributed by atoms with Crippen molar-refractivity contribution < 1.29 is 0 Å². The molecule has 0 radical (unpaired) electrons. The second-order valence-electron chi connectivity index (χ2n) is 5.11. The number of rotatable bonds is 3. The molecule has 0 unspecified atom stereocenters. The van der Waals surface area contributed by atoms with E-state index in [9.17, 15) is 0 Å². The highest BCUT2D eigenvalue weighted by atomic mass is 15.2. The summed E-state index contributed by atoms with van der Waals surface area (Å²) in [5.74, 6) is 1.43. The Morgan fingerprint density at radius 3 is 2.39 bits per heavy atom. The van der Waals surface area contributed by atoms with E-state index < -0.39 is 0 Å². The van der Waals surface area contributed by atoms with Gasteiger partial charge in [-0.2, -0.15) is 0 Å². The lowest BCUT2D eigenvalue weighted by molar-refractivity contribution is 1.10. The molecule has 4 aromatic rings. The van der Waals surface area contributed by atoms with Crippen molar-refractivity contribution >= 4 is 17.8 Å². The Labute approximate surface area is 133 Å². The number of aliphatic imine (C=N–C) groups is 1. The van der Waals surface area contributed by atoms with Gasteiger partial charge in [0.1, 0.15) is 5.69 Å². The van der Waals surface area contributed by atoms with Gasteiger partial charge in [-0.15, -0.1) is 0 Å². The third-order valence-corrected chi connectivity index (χ3v) is 3.56. The average molecular weight is 298 g/mol. The number of hydrogen-bond acceptors (Lipinski definition) is 3. The van der Waals surface area contributed by atoms with Crippen LogP contribution in [-0.2, 0) is 0 Å². The molecule has 4 heteroatoms. The highest BCUT2D eigenvalue weighted by Crippen LogP contribution is 2.30. The summed E-state index contributed by atoms with van der Waals surface area (Å²) in [6.07, 6.45) is 5.52. The van der Waals surface area contributed by atoms with Gasteiger partial charge in [0, 0.05) is 24.2 Å². The average Bonchev–Trinajstić information content (AvgIpc) is 3.00. The van der Waals surface area contributed by atoms with E-state index in [1.54, 1.807) is 6.20 Å². The van der Waals surface area contributed by atoms with Gasteiger partial charge in [0.2, 0.25) is 5.78 Å². The lowest BCUT2D eigenvalue weighted by atomic mass is 10.1. The van der Waals surface area contributed by atoms with Gasteiger partial charge >= 0.3 is 0 Å². The van der Waals surface area contributed by atoms with Crippen LogP contribution in [0.15, 0.2) is 84.1 Å². The molecular formula is C19H14N4. The van der Waals surface area contributed by atoms with Crippen LogP contribution in [0.2, 0.25) is 0 Å². The molecule has 4 nitrogen and oxygen atoms in total. The third kappa shape index (κ3) is 2.62. The fourth-order valence-corrected chi connectivity index (χ4v) is 2.46. The molecule has 0 aliphatic rings. The van der Waals surface area contributed by atoms with Crippen molar-refractivity contribution in [2.75, 3.05) is 0 Å². The Kier molecular flexibility index (Phi) is 3.41. The van der Waals surface area contributed by atoms with Crippen LogP contribution >= 0.6 is 0 Å². The molecule has 2 aromatic carbocycles. The zero-order valence-electron chi connectivity index (χ0n) is 12.4. The zero-order chi connectivity index (χ0) is 15.5. The van der Waals surface area contributed by atoms with Gasteiger partial charge in [0.05, 0.1) is 0 Å². The maximum Gasteiger partial charge on any atom is 0.236 e. The van der Waals surface area contributed by atoms with Crippen LogP contribution in [0.4, 0.5) is 5.82 Å². The largest absolute Gasteiger partial charge is 0.268 e. The van der Waals surface area contributed by atoms with Crippen molar-refractivity contribution in [2.45, 2.75) is 0 Å². The molecule has 0 spiro atoms. The first-order valence-electron chi connectivity index (χ1n) is 7.39. The monoisotopic (exact) mass is 298 g/mol. The summed E-state index contributed by atoms with van der Waals surface area (Å²) >= 11 is 0. The summed E-state index contributed by atoms with van der Waals surface area (Å²) in [6, 6.07) is 22.0.